The summed E-state index contributed by atoms with van der Waals surface area (Å²) in [5, 5.41) is 15.6. The minimum absolute atomic E-state index is 0.00135. The first-order chi connectivity index (χ1) is 14.1. The molecule has 146 valence electrons. The number of methoxy groups -OCH3 is 1. The Labute approximate surface area is 167 Å². The molecule has 0 spiro atoms. The minimum atomic E-state index is -0.819. The van der Waals surface area contributed by atoms with Gasteiger partial charge in [-0.25, -0.2) is 9.18 Å². The number of halogens is 1. The first-order valence-corrected chi connectivity index (χ1v) is 9.07. The van der Waals surface area contributed by atoms with Crippen molar-refractivity contribution >= 4 is 17.3 Å². The van der Waals surface area contributed by atoms with E-state index in [-0.39, 0.29) is 5.75 Å². The molecule has 3 N–H and O–H groups in total. The first kappa shape index (κ1) is 18.6. The topological polar surface area (TPSA) is 70.6 Å². The van der Waals surface area contributed by atoms with Crippen molar-refractivity contribution in [2.75, 3.05) is 7.11 Å². The van der Waals surface area contributed by atoms with Gasteiger partial charge in [-0.2, -0.15) is 0 Å². The van der Waals surface area contributed by atoms with Gasteiger partial charge in [0.25, 0.3) is 0 Å². The maximum Gasteiger partial charge on any atom is 0.320 e. The maximum absolute atomic E-state index is 14.4. The van der Waals surface area contributed by atoms with E-state index in [0.29, 0.717) is 11.3 Å². The summed E-state index contributed by atoms with van der Waals surface area (Å²) in [5.41, 5.74) is 3.58. The lowest BCUT2D eigenvalue weighted by Crippen LogP contribution is -2.43. The van der Waals surface area contributed by atoms with Gasteiger partial charge in [0, 0.05) is 5.57 Å². The summed E-state index contributed by atoms with van der Waals surface area (Å²) in [6, 6.07) is 20.7. The number of phenols is 1. The van der Waals surface area contributed by atoms with E-state index in [0.717, 1.165) is 16.7 Å². The maximum atomic E-state index is 14.4. The van der Waals surface area contributed by atoms with Crippen molar-refractivity contribution in [2.24, 2.45) is 0 Å². The van der Waals surface area contributed by atoms with Gasteiger partial charge < -0.3 is 20.5 Å². The third-order valence-corrected chi connectivity index (χ3v) is 4.82. The molecule has 6 heteroatoms. The predicted molar refractivity (Wildman–Crippen MR) is 109 cm³/mol. The van der Waals surface area contributed by atoms with Crippen LogP contribution in [0.15, 0.2) is 72.8 Å². The molecule has 0 saturated carbocycles. The van der Waals surface area contributed by atoms with Crippen LogP contribution < -0.4 is 15.4 Å². The van der Waals surface area contributed by atoms with Crippen LogP contribution in [0.3, 0.4) is 0 Å². The van der Waals surface area contributed by atoms with Crippen LogP contribution in [0.1, 0.15) is 22.7 Å². The van der Waals surface area contributed by atoms with Crippen LogP contribution in [0.4, 0.5) is 9.18 Å². The quantitative estimate of drug-likeness (QED) is 0.616. The fourth-order valence-corrected chi connectivity index (χ4v) is 3.49. The van der Waals surface area contributed by atoms with E-state index in [1.54, 1.807) is 0 Å². The number of hydrogen-bond donors (Lipinski definition) is 3. The molecular formula is C23H19FN2O3. The van der Waals surface area contributed by atoms with Crippen molar-refractivity contribution in [3.8, 4) is 11.5 Å². The summed E-state index contributed by atoms with van der Waals surface area (Å²) in [4.78, 5) is 12.5. The van der Waals surface area contributed by atoms with Gasteiger partial charge in [0.15, 0.2) is 17.3 Å². The molecule has 1 atom stereocenters. The van der Waals surface area contributed by atoms with Gasteiger partial charge in [-0.15, -0.1) is 0 Å². The van der Waals surface area contributed by atoms with Crippen molar-refractivity contribution in [3.63, 3.8) is 0 Å². The highest BCUT2D eigenvalue weighted by atomic mass is 19.1. The Balaban J connectivity index is 1.97. The Morgan fingerprint density at radius 3 is 2.21 bits per heavy atom. The van der Waals surface area contributed by atoms with Crippen molar-refractivity contribution < 1.29 is 19.0 Å². The van der Waals surface area contributed by atoms with Crippen LogP contribution in [0.2, 0.25) is 0 Å². The Morgan fingerprint density at radius 2 is 1.59 bits per heavy atom. The highest BCUT2D eigenvalue weighted by Gasteiger charge is 2.31. The van der Waals surface area contributed by atoms with Gasteiger partial charge >= 0.3 is 6.03 Å². The van der Waals surface area contributed by atoms with Crippen molar-refractivity contribution in [3.05, 3.63) is 95.3 Å². The Morgan fingerprint density at radius 1 is 0.966 bits per heavy atom. The van der Waals surface area contributed by atoms with Crippen LogP contribution in [0.25, 0.3) is 11.3 Å². The molecule has 0 fully saturated rings. The number of aromatic hydroxyl groups is 1. The molecule has 5 nitrogen and oxygen atoms in total. The van der Waals surface area contributed by atoms with Crippen molar-refractivity contribution in [1.82, 2.24) is 10.6 Å². The number of amides is 2. The van der Waals surface area contributed by atoms with Gasteiger partial charge in [0.1, 0.15) is 0 Å². The molecule has 1 unspecified atom stereocenters. The average molecular weight is 390 g/mol. The number of phenolic OH excluding ortho intramolecular Hbond substituents is 1. The summed E-state index contributed by atoms with van der Waals surface area (Å²) in [5.74, 6) is -1.38. The third kappa shape index (κ3) is 3.52. The number of ether oxygens (including phenoxy) is 1. The fourth-order valence-electron chi connectivity index (χ4n) is 3.49. The second-order valence-electron chi connectivity index (χ2n) is 6.61. The number of urea groups is 1. The largest absolute Gasteiger partial charge is 0.502 e. The molecule has 0 aromatic heterocycles. The van der Waals surface area contributed by atoms with Crippen molar-refractivity contribution in [1.29, 1.82) is 0 Å². The second kappa shape index (κ2) is 7.67. The Bertz CT molecular complexity index is 1080. The molecule has 4 rings (SSSR count). The summed E-state index contributed by atoms with van der Waals surface area (Å²) < 4.78 is 19.5. The second-order valence-corrected chi connectivity index (χ2v) is 6.61. The molecule has 0 aliphatic carbocycles. The first-order valence-electron chi connectivity index (χ1n) is 9.07. The number of rotatable bonds is 4. The van der Waals surface area contributed by atoms with E-state index in [9.17, 15) is 14.3 Å². The minimum Gasteiger partial charge on any atom is -0.502 e. The number of carbonyl (C=O) groups excluding carboxylic acids is 1. The Hall–Kier alpha value is -3.80. The lowest BCUT2D eigenvalue weighted by atomic mass is 9.87. The summed E-state index contributed by atoms with van der Waals surface area (Å²) >= 11 is 0. The summed E-state index contributed by atoms with van der Waals surface area (Å²) in [6.07, 6.45) is 0. The van der Waals surface area contributed by atoms with Crippen LogP contribution in [0, 0.1) is 5.82 Å². The molecule has 29 heavy (non-hydrogen) atoms. The van der Waals surface area contributed by atoms with Gasteiger partial charge in [-0.05, 0) is 28.8 Å². The lowest BCUT2D eigenvalue weighted by Gasteiger charge is -2.31. The fraction of sp³-hybridized carbons (Fsp3) is 0.0870. The van der Waals surface area contributed by atoms with E-state index in [2.05, 4.69) is 10.6 Å². The molecule has 1 aliphatic rings. The average Bonchev–Trinajstić information content (AvgIpc) is 2.76. The third-order valence-electron chi connectivity index (χ3n) is 4.82. The zero-order chi connectivity index (χ0) is 20.4. The van der Waals surface area contributed by atoms with Crippen LogP contribution >= 0.6 is 0 Å². The molecule has 0 bridgehead atoms. The number of benzene rings is 3. The molecule has 3 aromatic rings. The van der Waals surface area contributed by atoms with E-state index >= 15 is 0 Å². The molecular weight excluding hydrogens is 371 g/mol. The number of nitrogens with one attached hydrogen (secondary N) is 2. The molecule has 0 saturated heterocycles. The zero-order valence-corrected chi connectivity index (χ0v) is 15.6. The van der Waals surface area contributed by atoms with Crippen LogP contribution in [-0.4, -0.2) is 18.2 Å². The molecule has 0 radical (unpaired) electrons. The van der Waals surface area contributed by atoms with E-state index in [1.807, 2.05) is 60.7 Å². The number of carbonyl (C=O) groups is 1. The van der Waals surface area contributed by atoms with Crippen LogP contribution in [0.5, 0.6) is 11.5 Å². The van der Waals surface area contributed by atoms with E-state index < -0.39 is 23.6 Å². The molecule has 2 amide bonds. The SMILES string of the molecule is COc1cc(C2NC(=O)NC(c3ccccc3)=C2c2ccccc2)cc(F)c1O. The van der Waals surface area contributed by atoms with Crippen molar-refractivity contribution in [2.45, 2.75) is 6.04 Å². The summed E-state index contributed by atoms with van der Waals surface area (Å²) in [7, 11) is 1.35. The lowest BCUT2D eigenvalue weighted by molar-refractivity contribution is 0.242. The monoisotopic (exact) mass is 390 g/mol. The smallest absolute Gasteiger partial charge is 0.320 e. The van der Waals surface area contributed by atoms with Gasteiger partial charge in [0.05, 0.1) is 18.8 Å². The summed E-state index contributed by atoms with van der Waals surface area (Å²) in [6.45, 7) is 0. The van der Waals surface area contributed by atoms with Gasteiger partial charge in [-0.1, -0.05) is 60.7 Å². The molecule has 3 aromatic carbocycles. The number of hydrogen-bond acceptors (Lipinski definition) is 3. The van der Waals surface area contributed by atoms with Gasteiger partial charge in [-0.3, -0.25) is 0 Å². The van der Waals surface area contributed by atoms with E-state index in [1.165, 1.54) is 19.2 Å². The highest BCUT2D eigenvalue weighted by Crippen LogP contribution is 2.41. The van der Waals surface area contributed by atoms with Crippen LogP contribution in [-0.2, 0) is 0 Å². The van der Waals surface area contributed by atoms with Gasteiger partial charge in [0.2, 0.25) is 0 Å². The zero-order valence-electron chi connectivity index (χ0n) is 15.6. The molecule has 1 aliphatic heterocycles. The predicted octanol–water partition coefficient (Wildman–Crippen LogP) is 4.46. The van der Waals surface area contributed by atoms with E-state index in [4.69, 9.17) is 4.74 Å². The molecule has 1 heterocycles. The highest BCUT2D eigenvalue weighted by molar-refractivity contribution is 6.03. The Kier molecular flexibility index (Phi) is 4.91. The normalized spacial score (nSPS) is 16.2. The standard InChI is InChI=1S/C23H19FN2O3/c1-29-18-13-16(12-17(24)22(18)27)21-19(14-8-4-2-5-9-14)20(25-23(28)26-21)15-10-6-3-7-11-15/h2-13,21,27H,1H3,(H2,25,26,28).